The molecule has 2 aromatic rings. The molecule has 11 heterocycles. The van der Waals surface area contributed by atoms with Crippen LogP contribution in [-0.4, -0.2) is 11.8 Å². The van der Waals surface area contributed by atoms with E-state index in [4.69, 9.17) is 0 Å². The zero-order valence-corrected chi connectivity index (χ0v) is 15.0. The Hall–Kier alpha value is -1.64. The first kappa shape index (κ1) is 10.6. The van der Waals surface area contributed by atoms with Crippen molar-refractivity contribution in [2.24, 2.45) is 0 Å². The summed E-state index contributed by atoms with van der Waals surface area (Å²) in [6.45, 7) is -2.28. The maximum atomic E-state index is 11.6. The molecule has 0 aromatic heterocycles. The van der Waals surface area contributed by atoms with E-state index in [9.17, 15) is 9.59 Å². The summed E-state index contributed by atoms with van der Waals surface area (Å²) in [6, 6.07) is 10.9. The summed E-state index contributed by atoms with van der Waals surface area (Å²) in [4.78, 5) is 39.0. The van der Waals surface area contributed by atoms with Crippen molar-refractivity contribution < 1.29 is 16.1 Å². The van der Waals surface area contributed by atoms with Crippen LogP contribution in [0.2, 0.25) is 48.2 Å². The first-order chi connectivity index (χ1) is 12.4. The normalized spacial score (nSPS) is 80.5. The number of hydrogen-bond donors (Lipinski definition) is 1. The molecule has 3 nitrogen and oxygen atoms in total. The minimum atomic E-state index is -2.28. The van der Waals surface area contributed by atoms with Gasteiger partial charge >= 0.3 is 54.7 Å². The van der Waals surface area contributed by atoms with Gasteiger partial charge in [0.15, 0.2) is 0 Å². The number of imide groups is 1. The van der Waals surface area contributed by atoms with Gasteiger partial charge in [-0.2, -0.15) is 0 Å². The van der Waals surface area contributed by atoms with Gasteiger partial charge in [-0.1, -0.05) is 24.3 Å². The molecule has 1 N–H and O–H groups in total. The van der Waals surface area contributed by atoms with Gasteiger partial charge in [-0.3, -0.25) is 14.9 Å². The Labute approximate surface area is 139 Å². The van der Waals surface area contributed by atoms with E-state index in [2.05, 4.69) is 5.32 Å². The third-order valence-electron chi connectivity index (χ3n) is 17.2. The topological polar surface area (TPSA) is 46.2 Å². The van der Waals surface area contributed by atoms with Crippen molar-refractivity contribution in [2.45, 2.75) is 48.2 Å². The second-order valence-corrected chi connectivity index (χ2v) is 37.0. The van der Waals surface area contributed by atoms with Crippen molar-refractivity contribution >= 4 is 22.6 Å². The molecule has 0 atom stereocenters. The van der Waals surface area contributed by atoms with Crippen LogP contribution < -0.4 is 5.32 Å². The Morgan fingerprint density at radius 1 is 0.615 bits per heavy atom. The van der Waals surface area contributed by atoms with Gasteiger partial charge in [0.1, 0.15) is 0 Å². The van der Waals surface area contributed by atoms with E-state index < -0.39 is 6.51 Å². The molecule has 0 bridgehead atoms. The van der Waals surface area contributed by atoms with Crippen LogP contribution in [0.4, 0.5) is 0 Å². The molecular weight excluding hydrogens is 366 g/mol. The van der Waals surface area contributed by atoms with Crippen LogP contribution in [0.1, 0.15) is 20.7 Å². The van der Waals surface area contributed by atoms with E-state index in [-0.39, 0.29) is 11.8 Å². The third kappa shape index (κ3) is 0.186. The molecule has 11 aliphatic heterocycles. The molecule has 0 radical (unpaired) electrons. The van der Waals surface area contributed by atoms with Gasteiger partial charge in [0, 0.05) is 16.5 Å². The second kappa shape index (κ2) is 1.21. The maximum absolute atomic E-state index is 11.6. The molecule has 0 aliphatic carbocycles. The Kier molecular flexibility index (Phi) is 0.494. The van der Waals surface area contributed by atoms with Gasteiger partial charge in [-0.15, -0.1) is 0 Å². The predicted octanol–water partition coefficient (Wildman–Crippen LogP) is 5.10. The quantitative estimate of drug-likeness (QED) is 0.508. The molecule has 130 valence electrons. The summed E-state index contributed by atoms with van der Waals surface area (Å²) in [6.07, 6.45) is 0. The average Bonchev–Trinajstić information content (AvgIpc) is 3.59. The molecule has 1 spiro atoms. The van der Waals surface area contributed by atoms with Crippen molar-refractivity contribution in [3.63, 3.8) is 0 Å². The number of nitrogens with one attached hydrogen (secondary N) is 1. The average molecular weight is 383 g/mol. The standard InChI is InChI=1S/C12H7NO2.2C5H5.Fe/c14-11-8-5-1-3-7-4-2-6-9(10(7)8)12(15)13-11;2*1-2-4-5-3-1;/h1-6H,(H,13,14,15);2*1-5H;. The Bertz CT molecular complexity index is 1380. The van der Waals surface area contributed by atoms with E-state index in [1.165, 1.54) is 0 Å². The molecule has 26 heavy (non-hydrogen) atoms. The SMILES string of the molecule is O=C1NC(=O)c2cccc3cccc1c23.[CH]12[CH]3[CH]4[CH]5[CH]1[Fe]23451678[CH]2[CH]1[CH]6[CH]7[CH]28. The van der Waals surface area contributed by atoms with Crippen LogP contribution in [0.25, 0.3) is 10.8 Å². The van der Waals surface area contributed by atoms with Crippen molar-refractivity contribution in [3.05, 3.63) is 47.5 Å². The van der Waals surface area contributed by atoms with Gasteiger partial charge in [0.2, 0.25) is 0 Å². The molecule has 13 rings (SSSR count). The number of amides is 2. The Morgan fingerprint density at radius 3 is 1.31 bits per heavy atom. The number of carbonyl (C=O) groups is 2. The predicted molar refractivity (Wildman–Crippen MR) is 93.2 cm³/mol. The van der Waals surface area contributed by atoms with Crippen LogP contribution in [0.15, 0.2) is 36.4 Å². The Morgan fingerprint density at radius 2 is 1.00 bits per heavy atom. The first-order valence-corrected chi connectivity index (χ1v) is 16.4. The molecule has 10 saturated heterocycles. The minimum absolute atomic E-state index is 0.315. The summed E-state index contributed by atoms with van der Waals surface area (Å²) in [5.74, 6) is -0.631. The first-order valence-electron chi connectivity index (χ1n) is 10.0. The fraction of sp³-hybridized carbons (Fsp3) is 0.455. The van der Waals surface area contributed by atoms with Crippen molar-refractivity contribution in [1.82, 2.24) is 5.32 Å². The summed E-state index contributed by atoms with van der Waals surface area (Å²) in [7, 11) is 0. The van der Waals surface area contributed by atoms with Crippen LogP contribution >= 0.6 is 0 Å². The Balaban J connectivity index is 0.0000000819. The third-order valence-corrected chi connectivity index (χ3v) is 59.1. The molecule has 10 fully saturated rings. The van der Waals surface area contributed by atoms with Crippen molar-refractivity contribution in [1.29, 1.82) is 0 Å². The van der Waals surface area contributed by atoms with Gasteiger partial charge < -0.3 is 0 Å². The zero-order valence-electron chi connectivity index (χ0n) is 13.9. The van der Waals surface area contributed by atoms with Crippen LogP contribution in [0.3, 0.4) is 0 Å². The van der Waals surface area contributed by atoms with Gasteiger partial charge in [0.25, 0.3) is 11.8 Å². The summed E-state index contributed by atoms with van der Waals surface area (Å²) in [5, 5.41) is 4.00. The summed E-state index contributed by atoms with van der Waals surface area (Å²) < 4.78 is 0. The molecule has 0 unspecified atom stereocenters. The molecule has 2 amide bonds. The number of carbonyl (C=O) groups excluding carboxylic acids is 2. The van der Waals surface area contributed by atoms with E-state index >= 15 is 0 Å². The molecule has 4 heteroatoms. The van der Waals surface area contributed by atoms with E-state index in [1.54, 1.807) is 60.3 Å². The van der Waals surface area contributed by atoms with Crippen LogP contribution in [0, 0.1) is 0 Å². The van der Waals surface area contributed by atoms with Gasteiger partial charge in [-0.25, -0.2) is 0 Å². The van der Waals surface area contributed by atoms with Crippen molar-refractivity contribution in [2.75, 3.05) is 0 Å². The molecular formula is C22H17FeNO2. The molecule has 11 aliphatic rings. The summed E-state index contributed by atoms with van der Waals surface area (Å²) >= 11 is 0. The second-order valence-electron chi connectivity index (χ2n) is 13.1. The molecule has 2 aromatic carbocycles. The van der Waals surface area contributed by atoms with E-state index in [0.717, 1.165) is 10.8 Å². The molecule has 0 saturated carbocycles. The monoisotopic (exact) mass is 383 g/mol. The number of fused-ring (bicyclic) bond motifs is 10. The summed E-state index contributed by atoms with van der Waals surface area (Å²) in [5.41, 5.74) is 1.14. The van der Waals surface area contributed by atoms with Gasteiger partial charge in [0.05, 0.1) is 0 Å². The van der Waals surface area contributed by atoms with E-state index in [0.29, 0.717) is 11.1 Å². The fourth-order valence-electron chi connectivity index (χ4n) is 17.8. The fourth-order valence-corrected chi connectivity index (χ4v) is 90.0. The van der Waals surface area contributed by atoms with Crippen molar-refractivity contribution in [3.8, 4) is 0 Å². The number of benzene rings is 2. The van der Waals surface area contributed by atoms with Crippen LogP contribution in [0.5, 0.6) is 0 Å². The van der Waals surface area contributed by atoms with Crippen LogP contribution in [-0.2, 0) is 6.51 Å². The number of rotatable bonds is 0. The van der Waals surface area contributed by atoms with Gasteiger partial charge in [-0.05, 0) is 17.5 Å². The van der Waals surface area contributed by atoms with E-state index in [1.807, 2.05) is 24.3 Å². The number of hydrogen-bond acceptors (Lipinski definition) is 2. The zero-order chi connectivity index (χ0) is 16.5.